The van der Waals surface area contributed by atoms with Crippen molar-refractivity contribution in [2.24, 2.45) is 4.99 Å². The number of amides is 1. The molecule has 170 valence electrons. The zero-order valence-corrected chi connectivity index (χ0v) is 20.2. The van der Waals surface area contributed by atoms with E-state index < -0.39 is 0 Å². The van der Waals surface area contributed by atoms with Crippen LogP contribution in [-0.4, -0.2) is 35.6 Å². The van der Waals surface area contributed by atoms with Crippen LogP contribution in [0, 0.1) is 6.92 Å². The van der Waals surface area contributed by atoms with E-state index in [9.17, 15) is 4.79 Å². The molecule has 2 heterocycles. The topological polar surface area (TPSA) is 45.6 Å². The summed E-state index contributed by atoms with van der Waals surface area (Å²) < 4.78 is 0. The third kappa shape index (κ3) is 5.17. The van der Waals surface area contributed by atoms with Crippen LogP contribution in [0.2, 0.25) is 5.02 Å². The summed E-state index contributed by atoms with van der Waals surface area (Å²) in [6.45, 7) is 8.90. The molecule has 0 atom stereocenters. The number of likely N-dealkylation sites (tertiary alicyclic amines) is 1. The number of nitrogens with zero attached hydrogens (tertiary/aromatic N) is 3. The fourth-order valence-electron chi connectivity index (χ4n) is 4.74. The Morgan fingerprint density at radius 1 is 1.15 bits per heavy atom. The highest BCUT2D eigenvalue weighted by molar-refractivity contribution is 6.30. The van der Waals surface area contributed by atoms with Crippen molar-refractivity contribution >= 4 is 29.8 Å². The molecule has 4 rings (SSSR count). The number of halogens is 1. The lowest BCUT2D eigenvalue weighted by molar-refractivity contribution is -0.130. The molecule has 0 radical (unpaired) electrons. The highest BCUT2D eigenvalue weighted by Gasteiger charge is 2.26. The molecule has 0 bridgehead atoms. The number of fused-ring (bicyclic) bond motifs is 2. The fraction of sp³-hybridized carbons (Fsp3) is 0.321. The number of carbonyl (C=O) groups excluding carboxylic acids is 1. The number of aromatic nitrogens is 1. The maximum atomic E-state index is 12.9. The van der Waals surface area contributed by atoms with Crippen LogP contribution in [0.4, 0.5) is 0 Å². The maximum absolute atomic E-state index is 12.9. The van der Waals surface area contributed by atoms with Gasteiger partial charge >= 0.3 is 0 Å². The molecule has 1 saturated heterocycles. The number of hydrogen-bond donors (Lipinski definition) is 0. The van der Waals surface area contributed by atoms with Crippen molar-refractivity contribution in [3.63, 3.8) is 0 Å². The molecule has 33 heavy (non-hydrogen) atoms. The standard InChI is InChI=1S/C28H30ClN3O/c1-4-20(11-14-30-3)17-26(33)32-15-12-21(13-16-32)27-25-10-9-24(29)18-23(25)8-7-22-6-5-19(2)31-28(22)27/h4-6,9-11,14,18H,3,7-8,12-13,15-17H2,1-2H3/b14-11-,20-4+. The minimum Gasteiger partial charge on any atom is -0.342 e. The minimum atomic E-state index is 0.156. The summed E-state index contributed by atoms with van der Waals surface area (Å²) in [7, 11) is 0. The second-order valence-electron chi connectivity index (χ2n) is 8.66. The van der Waals surface area contributed by atoms with Crippen LogP contribution >= 0.6 is 11.6 Å². The quantitative estimate of drug-likeness (QED) is 0.408. The Morgan fingerprint density at radius 3 is 2.64 bits per heavy atom. The van der Waals surface area contributed by atoms with Crippen molar-refractivity contribution in [2.45, 2.75) is 46.0 Å². The molecule has 0 spiro atoms. The second-order valence-corrected chi connectivity index (χ2v) is 9.10. The molecular weight excluding hydrogens is 430 g/mol. The van der Waals surface area contributed by atoms with Gasteiger partial charge in [-0.1, -0.05) is 35.4 Å². The number of allylic oxidation sites excluding steroid dienone is 2. The Labute approximate surface area is 201 Å². The molecule has 1 fully saturated rings. The Morgan fingerprint density at radius 2 is 1.91 bits per heavy atom. The van der Waals surface area contributed by atoms with Gasteiger partial charge in [0.05, 0.1) is 12.1 Å². The molecule has 2 aromatic rings. The first kappa shape index (κ1) is 23.2. The van der Waals surface area contributed by atoms with Gasteiger partial charge in [-0.25, -0.2) is 0 Å². The van der Waals surface area contributed by atoms with Crippen LogP contribution in [0.15, 0.2) is 64.8 Å². The predicted molar refractivity (Wildman–Crippen MR) is 137 cm³/mol. The van der Waals surface area contributed by atoms with Crippen molar-refractivity contribution in [3.05, 3.63) is 92.9 Å². The van der Waals surface area contributed by atoms with Crippen LogP contribution in [0.5, 0.6) is 0 Å². The van der Waals surface area contributed by atoms with E-state index in [1.54, 1.807) is 6.20 Å². The third-order valence-electron chi connectivity index (χ3n) is 6.55. The second kappa shape index (κ2) is 10.3. The number of carbonyl (C=O) groups is 1. The highest BCUT2D eigenvalue weighted by atomic mass is 35.5. The van der Waals surface area contributed by atoms with Gasteiger partial charge in [0.15, 0.2) is 0 Å². The molecule has 4 nitrogen and oxygen atoms in total. The zero-order chi connectivity index (χ0) is 23.4. The van der Waals surface area contributed by atoms with Crippen LogP contribution in [-0.2, 0) is 17.6 Å². The van der Waals surface area contributed by atoms with E-state index in [0.717, 1.165) is 60.8 Å². The summed E-state index contributed by atoms with van der Waals surface area (Å²) in [4.78, 5) is 23.6. The number of piperidine rings is 1. The number of pyridine rings is 1. The molecule has 1 aromatic carbocycles. The van der Waals surface area contributed by atoms with Crippen molar-refractivity contribution in [2.75, 3.05) is 13.1 Å². The van der Waals surface area contributed by atoms with E-state index in [-0.39, 0.29) is 5.91 Å². The molecule has 5 heteroatoms. The molecule has 0 unspecified atom stereocenters. The number of hydrogen-bond acceptors (Lipinski definition) is 3. The average Bonchev–Trinajstić information content (AvgIpc) is 2.97. The number of aryl methyl sites for hydroxylation is 3. The van der Waals surface area contributed by atoms with E-state index in [1.165, 1.54) is 27.8 Å². The summed E-state index contributed by atoms with van der Waals surface area (Å²) in [5, 5.41) is 0.772. The third-order valence-corrected chi connectivity index (χ3v) is 6.78. The molecule has 1 amide bonds. The van der Waals surface area contributed by atoms with Gasteiger partial charge in [0.2, 0.25) is 5.91 Å². The summed E-state index contributed by atoms with van der Waals surface area (Å²) in [6.07, 6.45) is 9.44. The first-order valence-corrected chi connectivity index (χ1v) is 11.9. The van der Waals surface area contributed by atoms with E-state index in [2.05, 4.69) is 36.0 Å². The van der Waals surface area contributed by atoms with Crippen LogP contribution in [0.3, 0.4) is 0 Å². The molecule has 1 aliphatic heterocycles. The minimum absolute atomic E-state index is 0.156. The van der Waals surface area contributed by atoms with Crippen LogP contribution in [0.25, 0.3) is 5.57 Å². The van der Waals surface area contributed by atoms with Crippen molar-refractivity contribution in [3.8, 4) is 0 Å². The SMILES string of the molecule is C=N/C=C\C(=C/C)CC(=O)N1CCC(=C2c3ccc(Cl)cc3CCc3ccc(C)nc32)CC1. The average molecular weight is 460 g/mol. The molecule has 0 N–H and O–H groups in total. The first-order chi connectivity index (χ1) is 16.0. The predicted octanol–water partition coefficient (Wildman–Crippen LogP) is 6.12. The van der Waals surface area contributed by atoms with Crippen LogP contribution < -0.4 is 0 Å². The van der Waals surface area contributed by atoms with Gasteiger partial charge < -0.3 is 4.90 Å². The molecule has 2 aliphatic rings. The van der Waals surface area contributed by atoms with E-state index in [0.29, 0.717) is 6.42 Å². The molecule has 1 aliphatic carbocycles. The van der Waals surface area contributed by atoms with Crippen molar-refractivity contribution in [1.29, 1.82) is 0 Å². The summed E-state index contributed by atoms with van der Waals surface area (Å²) in [6, 6.07) is 10.5. The van der Waals surface area contributed by atoms with Gasteiger partial charge in [-0.15, -0.1) is 0 Å². The van der Waals surface area contributed by atoms with E-state index in [1.807, 2.05) is 37.0 Å². The fourth-order valence-corrected chi connectivity index (χ4v) is 4.93. The lowest BCUT2D eigenvalue weighted by Crippen LogP contribution is -2.36. The molecular formula is C28H30ClN3O. The highest BCUT2D eigenvalue weighted by Crippen LogP contribution is 2.38. The monoisotopic (exact) mass is 459 g/mol. The number of benzene rings is 1. The Kier molecular flexibility index (Phi) is 7.24. The van der Waals surface area contributed by atoms with Gasteiger partial charge in [-0.05, 0) is 92.8 Å². The number of rotatable bonds is 4. The molecule has 0 saturated carbocycles. The summed E-state index contributed by atoms with van der Waals surface area (Å²) in [5.74, 6) is 0.156. The Balaban J connectivity index is 1.64. The Hall–Kier alpha value is -2.98. The smallest absolute Gasteiger partial charge is 0.226 e. The first-order valence-electron chi connectivity index (χ1n) is 11.5. The van der Waals surface area contributed by atoms with Gasteiger partial charge in [-0.3, -0.25) is 14.8 Å². The largest absolute Gasteiger partial charge is 0.342 e. The van der Waals surface area contributed by atoms with Gasteiger partial charge in [0, 0.05) is 35.6 Å². The van der Waals surface area contributed by atoms with Gasteiger partial charge in [0.25, 0.3) is 0 Å². The van der Waals surface area contributed by atoms with Crippen molar-refractivity contribution in [1.82, 2.24) is 9.88 Å². The van der Waals surface area contributed by atoms with Gasteiger partial charge in [0.1, 0.15) is 0 Å². The lowest BCUT2D eigenvalue weighted by atomic mass is 9.88. The Bertz CT molecular complexity index is 1170. The van der Waals surface area contributed by atoms with Gasteiger partial charge in [-0.2, -0.15) is 0 Å². The zero-order valence-electron chi connectivity index (χ0n) is 19.4. The lowest BCUT2D eigenvalue weighted by Gasteiger charge is -2.30. The van der Waals surface area contributed by atoms with Crippen LogP contribution in [0.1, 0.15) is 54.3 Å². The summed E-state index contributed by atoms with van der Waals surface area (Å²) in [5.41, 5.74) is 9.52. The molecule has 1 aromatic heterocycles. The van der Waals surface area contributed by atoms with Crippen molar-refractivity contribution < 1.29 is 4.79 Å². The summed E-state index contributed by atoms with van der Waals surface area (Å²) >= 11 is 6.34. The van der Waals surface area contributed by atoms with E-state index >= 15 is 0 Å². The maximum Gasteiger partial charge on any atom is 0.226 e. The normalized spacial score (nSPS) is 16.5. The van der Waals surface area contributed by atoms with E-state index in [4.69, 9.17) is 16.6 Å². The number of aliphatic imine (C=N–C) groups is 1.